The summed E-state index contributed by atoms with van der Waals surface area (Å²) in [5.74, 6) is -0.531. The molecule has 1 saturated heterocycles. The molecule has 3 rings (SSSR count). The van der Waals surface area contributed by atoms with Crippen molar-refractivity contribution in [3.05, 3.63) is 58.9 Å². The van der Waals surface area contributed by atoms with Crippen LogP contribution < -0.4 is 10.1 Å². The molecule has 0 aliphatic carbocycles. The largest absolute Gasteiger partial charge is 0.492 e. The van der Waals surface area contributed by atoms with Crippen molar-refractivity contribution in [2.75, 3.05) is 26.2 Å². The number of hydrogen-bond donors (Lipinski definition) is 1. The molecule has 0 bridgehead atoms. The summed E-state index contributed by atoms with van der Waals surface area (Å²) in [7, 11) is -3.76. The molecule has 0 spiro atoms. The molecular weight excluding hydrogens is 431 g/mol. The van der Waals surface area contributed by atoms with Crippen molar-refractivity contribution in [3.8, 4) is 5.75 Å². The van der Waals surface area contributed by atoms with Gasteiger partial charge in [-0.25, -0.2) is 12.8 Å². The third kappa shape index (κ3) is 5.50. The Balaban J connectivity index is 1.51. The Morgan fingerprint density at radius 2 is 2.00 bits per heavy atom. The van der Waals surface area contributed by atoms with E-state index >= 15 is 0 Å². The normalized spacial score (nSPS) is 17.5. The molecule has 2 aromatic rings. The van der Waals surface area contributed by atoms with Gasteiger partial charge < -0.3 is 10.1 Å². The van der Waals surface area contributed by atoms with Gasteiger partial charge in [0.15, 0.2) is 0 Å². The number of carbonyl (C=O) groups is 1. The Morgan fingerprint density at radius 3 is 2.70 bits per heavy atom. The van der Waals surface area contributed by atoms with Gasteiger partial charge in [-0.1, -0.05) is 17.7 Å². The van der Waals surface area contributed by atoms with Gasteiger partial charge in [-0.05, 0) is 61.7 Å². The van der Waals surface area contributed by atoms with Crippen LogP contribution in [0.5, 0.6) is 5.75 Å². The van der Waals surface area contributed by atoms with Crippen LogP contribution in [-0.2, 0) is 14.8 Å². The SMILES string of the molecule is Cc1ccc(OCCNC(=O)[C@H]2CCCN(S(=O)(=O)c3ccc(F)cc3)C2)cc1Cl. The van der Waals surface area contributed by atoms with Crippen molar-refractivity contribution in [1.82, 2.24) is 9.62 Å². The van der Waals surface area contributed by atoms with E-state index in [2.05, 4.69) is 5.32 Å². The summed E-state index contributed by atoms with van der Waals surface area (Å²) in [5, 5.41) is 3.41. The minimum Gasteiger partial charge on any atom is -0.492 e. The lowest BCUT2D eigenvalue weighted by atomic mass is 9.99. The van der Waals surface area contributed by atoms with Crippen molar-refractivity contribution < 1.29 is 22.3 Å². The molecule has 1 aliphatic rings. The highest BCUT2D eigenvalue weighted by atomic mass is 35.5. The van der Waals surface area contributed by atoms with Crippen molar-refractivity contribution >= 4 is 27.5 Å². The highest BCUT2D eigenvalue weighted by Gasteiger charge is 2.33. The third-order valence-electron chi connectivity index (χ3n) is 5.02. The lowest BCUT2D eigenvalue weighted by Gasteiger charge is -2.31. The van der Waals surface area contributed by atoms with Gasteiger partial charge in [-0.15, -0.1) is 0 Å². The van der Waals surface area contributed by atoms with Gasteiger partial charge in [0.2, 0.25) is 15.9 Å². The first-order chi connectivity index (χ1) is 14.3. The first kappa shape index (κ1) is 22.5. The van der Waals surface area contributed by atoms with Crippen LogP contribution in [0.1, 0.15) is 18.4 Å². The molecule has 1 fully saturated rings. The molecule has 6 nitrogen and oxygen atoms in total. The fourth-order valence-electron chi connectivity index (χ4n) is 3.28. The van der Waals surface area contributed by atoms with Crippen molar-refractivity contribution in [2.24, 2.45) is 5.92 Å². The van der Waals surface area contributed by atoms with Crippen LogP contribution in [0, 0.1) is 18.7 Å². The maximum Gasteiger partial charge on any atom is 0.243 e. The highest BCUT2D eigenvalue weighted by molar-refractivity contribution is 7.89. The molecule has 0 aromatic heterocycles. The van der Waals surface area contributed by atoms with Crippen LogP contribution in [0.4, 0.5) is 4.39 Å². The smallest absolute Gasteiger partial charge is 0.243 e. The molecule has 162 valence electrons. The number of hydrogen-bond acceptors (Lipinski definition) is 4. The average molecular weight is 455 g/mol. The van der Waals surface area contributed by atoms with E-state index in [9.17, 15) is 17.6 Å². The quantitative estimate of drug-likeness (QED) is 0.651. The minimum absolute atomic E-state index is 0.0233. The fraction of sp³-hybridized carbons (Fsp3) is 0.381. The minimum atomic E-state index is -3.76. The summed E-state index contributed by atoms with van der Waals surface area (Å²) >= 11 is 6.06. The Labute approximate surface area is 181 Å². The van der Waals surface area contributed by atoms with Gasteiger partial charge in [0.25, 0.3) is 0 Å². The lowest BCUT2D eigenvalue weighted by molar-refractivity contribution is -0.126. The number of nitrogens with zero attached hydrogens (tertiary/aromatic N) is 1. The number of ether oxygens (including phenoxy) is 1. The van der Waals surface area contributed by atoms with Gasteiger partial charge in [0.1, 0.15) is 18.2 Å². The van der Waals surface area contributed by atoms with Crippen LogP contribution in [0.2, 0.25) is 5.02 Å². The standard InChI is InChI=1S/C21H24ClFN2O4S/c1-15-4-7-18(13-20(15)22)29-12-10-24-21(26)16-3-2-11-25(14-16)30(27,28)19-8-5-17(23)6-9-19/h4-9,13,16H,2-3,10-12,14H2,1H3,(H,24,26)/t16-/m0/s1. The Morgan fingerprint density at radius 1 is 1.27 bits per heavy atom. The van der Waals surface area contributed by atoms with Gasteiger partial charge in [0, 0.05) is 18.1 Å². The predicted octanol–water partition coefficient (Wildman–Crippen LogP) is 3.38. The predicted molar refractivity (Wildman–Crippen MR) is 113 cm³/mol. The second-order valence-electron chi connectivity index (χ2n) is 7.21. The summed E-state index contributed by atoms with van der Waals surface area (Å²) in [6, 6.07) is 10.1. The lowest BCUT2D eigenvalue weighted by Crippen LogP contribution is -2.45. The van der Waals surface area contributed by atoms with Gasteiger partial charge in [-0.2, -0.15) is 4.31 Å². The Bertz CT molecular complexity index is 999. The van der Waals surface area contributed by atoms with Crippen molar-refractivity contribution in [2.45, 2.75) is 24.7 Å². The molecule has 1 aliphatic heterocycles. The fourth-order valence-corrected chi connectivity index (χ4v) is 4.98. The molecule has 1 atom stereocenters. The third-order valence-corrected chi connectivity index (χ3v) is 7.31. The number of rotatable bonds is 7. The molecule has 1 amide bonds. The zero-order chi connectivity index (χ0) is 21.7. The molecule has 9 heteroatoms. The number of carbonyl (C=O) groups excluding carboxylic acids is 1. The average Bonchev–Trinajstić information content (AvgIpc) is 2.74. The highest BCUT2D eigenvalue weighted by Crippen LogP contribution is 2.24. The van der Waals surface area contributed by atoms with Crippen LogP contribution in [0.25, 0.3) is 0 Å². The van der Waals surface area contributed by atoms with Gasteiger partial charge >= 0.3 is 0 Å². The second kappa shape index (κ2) is 9.76. The number of benzene rings is 2. The second-order valence-corrected chi connectivity index (χ2v) is 9.55. The van der Waals surface area contributed by atoms with Crippen LogP contribution in [-0.4, -0.2) is 44.9 Å². The van der Waals surface area contributed by atoms with E-state index in [1.54, 1.807) is 6.07 Å². The molecule has 0 saturated carbocycles. The topological polar surface area (TPSA) is 75.7 Å². The first-order valence-corrected chi connectivity index (χ1v) is 11.5. The van der Waals surface area contributed by atoms with E-state index < -0.39 is 21.8 Å². The maximum absolute atomic E-state index is 13.1. The van der Waals surface area contributed by atoms with Gasteiger partial charge in [0.05, 0.1) is 17.4 Å². The zero-order valence-corrected chi connectivity index (χ0v) is 18.2. The molecule has 0 unspecified atom stereocenters. The van der Waals surface area contributed by atoms with E-state index in [-0.39, 0.29) is 24.0 Å². The number of piperidine rings is 1. The summed E-state index contributed by atoms with van der Waals surface area (Å²) in [6.07, 6.45) is 1.19. The molecule has 0 radical (unpaired) electrons. The summed E-state index contributed by atoms with van der Waals surface area (Å²) in [4.78, 5) is 12.5. The Hall–Kier alpha value is -2.16. The number of nitrogens with one attached hydrogen (secondary N) is 1. The maximum atomic E-state index is 13.1. The number of halogens is 2. The zero-order valence-electron chi connectivity index (χ0n) is 16.6. The Kier molecular flexibility index (Phi) is 7.33. The van der Waals surface area contributed by atoms with E-state index in [1.165, 1.54) is 16.4 Å². The number of amides is 1. The van der Waals surface area contributed by atoms with Crippen LogP contribution in [0.3, 0.4) is 0 Å². The van der Waals surface area contributed by atoms with Crippen LogP contribution >= 0.6 is 11.6 Å². The monoisotopic (exact) mass is 454 g/mol. The molecule has 2 aromatic carbocycles. The molecule has 30 heavy (non-hydrogen) atoms. The summed E-state index contributed by atoms with van der Waals surface area (Å²) in [6.45, 7) is 2.90. The molecular formula is C21H24ClFN2O4S. The molecule has 1 heterocycles. The van der Waals surface area contributed by atoms with E-state index in [4.69, 9.17) is 16.3 Å². The van der Waals surface area contributed by atoms with E-state index in [0.717, 1.165) is 17.7 Å². The first-order valence-electron chi connectivity index (χ1n) is 9.70. The number of sulfonamides is 1. The molecule has 1 N–H and O–H groups in total. The van der Waals surface area contributed by atoms with Gasteiger partial charge in [-0.3, -0.25) is 4.79 Å². The van der Waals surface area contributed by atoms with Crippen molar-refractivity contribution in [1.29, 1.82) is 0 Å². The number of aryl methyl sites for hydroxylation is 1. The summed E-state index contributed by atoms with van der Waals surface area (Å²) < 4.78 is 45.5. The summed E-state index contributed by atoms with van der Waals surface area (Å²) in [5.41, 5.74) is 0.953. The van der Waals surface area contributed by atoms with E-state index in [1.807, 2.05) is 19.1 Å². The van der Waals surface area contributed by atoms with E-state index in [0.29, 0.717) is 36.7 Å². The van der Waals surface area contributed by atoms with Crippen molar-refractivity contribution in [3.63, 3.8) is 0 Å². The van der Waals surface area contributed by atoms with Crippen LogP contribution in [0.15, 0.2) is 47.4 Å².